The summed E-state index contributed by atoms with van der Waals surface area (Å²) in [5.41, 5.74) is 6.52. The standard InChI is InChI=1S/C15H14BrF3N2/c1-9(10-2-5-12(16)6-3-10)21-14-7-4-11(8-13(14)20)15(17,18)19/h2-9,21H,20H2,1H3. The Labute approximate surface area is 129 Å². The second-order valence-electron chi connectivity index (χ2n) is 4.72. The summed E-state index contributed by atoms with van der Waals surface area (Å²) in [5.74, 6) is 0. The van der Waals surface area contributed by atoms with Gasteiger partial charge in [-0.25, -0.2) is 0 Å². The van der Waals surface area contributed by atoms with E-state index in [1.54, 1.807) is 0 Å². The summed E-state index contributed by atoms with van der Waals surface area (Å²) in [6.07, 6.45) is -4.38. The van der Waals surface area contributed by atoms with Gasteiger partial charge in [0.2, 0.25) is 0 Å². The van der Waals surface area contributed by atoms with E-state index in [1.165, 1.54) is 6.07 Å². The molecule has 0 aliphatic carbocycles. The summed E-state index contributed by atoms with van der Waals surface area (Å²) >= 11 is 3.35. The summed E-state index contributed by atoms with van der Waals surface area (Å²) in [4.78, 5) is 0. The van der Waals surface area contributed by atoms with Gasteiger partial charge in [0.25, 0.3) is 0 Å². The van der Waals surface area contributed by atoms with Gasteiger partial charge in [-0.3, -0.25) is 0 Å². The van der Waals surface area contributed by atoms with E-state index in [9.17, 15) is 13.2 Å². The van der Waals surface area contributed by atoms with Crippen molar-refractivity contribution in [2.45, 2.75) is 19.1 Å². The maximum Gasteiger partial charge on any atom is 0.416 e. The molecule has 3 N–H and O–H groups in total. The van der Waals surface area contributed by atoms with Gasteiger partial charge < -0.3 is 11.1 Å². The highest BCUT2D eigenvalue weighted by Gasteiger charge is 2.30. The van der Waals surface area contributed by atoms with Crippen LogP contribution in [0.15, 0.2) is 46.9 Å². The Morgan fingerprint density at radius 1 is 1.10 bits per heavy atom. The second-order valence-corrected chi connectivity index (χ2v) is 5.63. The van der Waals surface area contributed by atoms with Crippen molar-refractivity contribution in [2.24, 2.45) is 0 Å². The van der Waals surface area contributed by atoms with Crippen LogP contribution in [-0.2, 0) is 6.18 Å². The molecule has 0 amide bonds. The molecule has 0 aromatic heterocycles. The van der Waals surface area contributed by atoms with Crippen molar-refractivity contribution >= 4 is 27.3 Å². The Morgan fingerprint density at radius 3 is 2.24 bits per heavy atom. The fraction of sp³-hybridized carbons (Fsp3) is 0.200. The number of hydrogen-bond donors (Lipinski definition) is 2. The Kier molecular flexibility index (Phi) is 4.46. The largest absolute Gasteiger partial charge is 0.416 e. The first-order chi connectivity index (χ1) is 9.77. The van der Waals surface area contributed by atoms with Crippen LogP contribution in [0.4, 0.5) is 24.5 Å². The second kappa shape index (κ2) is 5.97. The SMILES string of the molecule is CC(Nc1ccc(C(F)(F)F)cc1N)c1ccc(Br)cc1. The Hall–Kier alpha value is -1.69. The highest BCUT2D eigenvalue weighted by atomic mass is 79.9. The van der Waals surface area contributed by atoms with E-state index in [4.69, 9.17) is 5.73 Å². The molecular weight excluding hydrogens is 345 g/mol. The molecule has 0 heterocycles. The number of halogens is 4. The van der Waals surface area contributed by atoms with E-state index in [1.807, 2.05) is 31.2 Å². The normalized spacial score (nSPS) is 13.0. The number of hydrogen-bond acceptors (Lipinski definition) is 2. The van der Waals surface area contributed by atoms with Crippen molar-refractivity contribution in [2.75, 3.05) is 11.1 Å². The fourth-order valence-corrected chi connectivity index (χ4v) is 2.20. The first-order valence-corrected chi connectivity index (χ1v) is 7.05. The van der Waals surface area contributed by atoms with Crippen LogP contribution in [0.1, 0.15) is 24.1 Å². The van der Waals surface area contributed by atoms with E-state index in [0.29, 0.717) is 5.69 Å². The summed E-state index contributed by atoms with van der Waals surface area (Å²) in [5, 5.41) is 3.12. The van der Waals surface area contributed by atoms with Crippen molar-refractivity contribution < 1.29 is 13.2 Å². The van der Waals surface area contributed by atoms with Gasteiger partial charge in [-0.1, -0.05) is 28.1 Å². The predicted octanol–water partition coefficient (Wildman–Crippen LogP) is 5.22. The van der Waals surface area contributed by atoms with Crippen LogP contribution >= 0.6 is 15.9 Å². The summed E-state index contributed by atoms with van der Waals surface area (Å²) in [6.45, 7) is 1.92. The number of rotatable bonds is 3. The minimum absolute atomic E-state index is 0.0721. The maximum absolute atomic E-state index is 12.6. The molecule has 1 unspecified atom stereocenters. The Bertz CT molecular complexity index is 624. The molecule has 0 aliphatic rings. The van der Waals surface area contributed by atoms with Crippen LogP contribution in [0, 0.1) is 0 Å². The van der Waals surface area contributed by atoms with Crippen molar-refractivity contribution in [3.05, 3.63) is 58.1 Å². The molecule has 0 aliphatic heterocycles. The van der Waals surface area contributed by atoms with Crippen LogP contribution < -0.4 is 11.1 Å². The first-order valence-electron chi connectivity index (χ1n) is 6.26. The average molecular weight is 359 g/mol. The van der Waals surface area contributed by atoms with E-state index in [-0.39, 0.29) is 11.7 Å². The van der Waals surface area contributed by atoms with Gasteiger partial charge in [-0.2, -0.15) is 13.2 Å². The monoisotopic (exact) mass is 358 g/mol. The molecule has 0 saturated heterocycles. The van der Waals surface area contributed by atoms with Crippen LogP contribution in [-0.4, -0.2) is 0 Å². The predicted molar refractivity (Wildman–Crippen MR) is 82.0 cm³/mol. The van der Waals surface area contributed by atoms with Gasteiger partial charge in [-0.05, 0) is 42.8 Å². The molecule has 2 nitrogen and oxygen atoms in total. The maximum atomic E-state index is 12.6. The third kappa shape index (κ3) is 3.91. The minimum atomic E-state index is -4.38. The summed E-state index contributed by atoms with van der Waals surface area (Å²) < 4.78 is 38.7. The molecule has 0 fully saturated rings. The number of nitrogen functional groups attached to an aromatic ring is 1. The van der Waals surface area contributed by atoms with Crippen LogP contribution in [0.5, 0.6) is 0 Å². The number of nitrogens with one attached hydrogen (secondary N) is 1. The number of benzene rings is 2. The van der Waals surface area contributed by atoms with Crippen LogP contribution in [0.25, 0.3) is 0 Å². The molecule has 2 aromatic rings. The molecular formula is C15H14BrF3N2. The van der Waals surface area contributed by atoms with Crippen molar-refractivity contribution in [3.63, 3.8) is 0 Å². The van der Waals surface area contributed by atoms with Crippen molar-refractivity contribution in [1.82, 2.24) is 0 Å². The lowest BCUT2D eigenvalue weighted by Crippen LogP contribution is -2.10. The topological polar surface area (TPSA) is 38.0 Å². The molecule has 0 spiro atoms. The van der Waals surface area contributed by atoms with Crippen molar-refractivity contribution in [1.29, 1.82) is 0 Å². The lowest BCUT2D eigenvalue weighted by molar-refractivity contribution is -0.137. The number of nitrogens with two attached hydrogens (primary N) is 1. The zero-order valence-corrected chi connectivity index (χ0v) is 12.8. The smallest absolute Gasteiger partial charge is 0.397 e. The molecule has 6 heteroatoms. The quantitative estimate of drug-likeness (QED) is 0.737. The fourth-order valence-electron chi connectivity index (χ4n) is 1.94. The Morgan fingerprint density at radius 2 is 1.71 bits per heavy atom. The van der Waals surface area contributed by atoms with E-state index < -0.39 is 11.7 Å². The highest BCUT2D eigenvalue weighted by molar-refractivity contribution is 9.10. The summed E-state index contributed by atoms with van der Waals surface area (Å²) in [7, 11) is 0. The molecule has 1 atom stereocenters. The zero-order chi connectivity index (χ0) is 15.6. The third-order valence-electron chi connectivity index (χ3n) is 3.12. The van der Waals surface area contributed by atoms with Gasteiger partial charge in [0.15, 0.2) is 0 Å². The molecule has 0 saturated carbocycles. The number of alkyl halides is 3. The van der Waals surface area contributed by atoms with Gasteiger partial charge in [-0.15, -0.1) is 0 Å². The van der Waals surface area contributed by atoms with E-state index >= 15 is 0 Å². The summed E-state index contributed by atoms with van der Waals surface area (Å²) in [6, 6.07) is 10.9. The van der Waals surface area contributed by atoms with Crippen LogP contribution in [0.3, 0.4) is 0 Å². The van der Waals surface area contributed by atoms with Crippen molar-refractivity contribution in [3.8, 4) is 0 Å². The molecule has 2 rings (SSSR count). The van der Waals surface area contributed by atoms with E-state index in [0.717, 1.165) is 22.2 Å². The average Bonchev–Trinajstić information content (AvgIpc) is 2.40. The molecule has 21 heavy (non-hydrogen) atoms. The minimum Gasteiger partial charge on any atom is -0.397 e. The zero-order valence-electron chi connectivity index (χ0n) is 11.2. The molecule has 0 bridgehead atoms. The third-order valence-corrected chi connectivity index (χ3v) is 3.65. The molecule has 0 radical (unpaired) electrons. The van der Waals surface area contributed by atoms with Gasteiger partial charge >= 0.3 is 6.18 Å². The van der Waals surface area contributed by atoms with E-state index in [2.05, 4.69) is 21.2 Å². The highest BCUT2D eigenvalue weighted by Crippen LogP contribution is 2.33. The molecule has 2 aromatic carbocycles. The number of anilines is 2. The molecule has 112 valence electrons. The van der Waals surface area contributed by atoms with Gasteiger partial charge in [0.05, 0.1) is 16.9 Å². The lowest BCUT2D eigenvalue weighted by atomic mass is 10.1. The first kappa shape index (κ1) is 15.7. The van der Waals surface area contributed by atoms with Gasteiger partial charge in [0.1, 0.15) is 0 Å². The Balaban J connectivity index is 2.18. The van der Waals surface area contributed by atoms with Gasteiger partial charge in [0, 0.05) is 10.5 Å². The van der Waals surface area contributed by atoms with Crippen LogP contribution in [0.2, 0.25) is 0 Å². The lowest BCUT2D eigenvalue weighted by Gasteiger charge is -2.18.